The molecule has 0 atom stereocenters. The van der Waals surface area contributed by atoms with Crippen molar-refractivity contribution in [1.29, 1.82) is 0 Å². The second-order valence-electron chi connectivity index (χ2n) is 4.91. The SMILES string of the molecule is CC(C)Oc1ccc(CCN(C)C(=O)CCN)cc1. The quantitative estimate of drug-likeness (QED) is 0.817. The average Bonchev–Trinajstić information content (AvgIpc) is 2.37. The number of rotatable bonds is 7. The molecule has 0 aromatic heterocycles. The zero-order valence-electron chi connectivity index (χ0n) is 12.1. The normalized spacial score (nSPS) is 10.6. The maximum Gasteiger partial charge on any atom is 0.223 e. The van der Waals surface area contributed by atoms with Crippen LogP contribution in [0, 0.1) is 0 Å². The molecule has 0 bridgehead atoms. The fourth-order valence-electron chi connectivity index (χ4n) is 1.74. The number of likely N-dealkylation sites (N-methyl/N-ethyl adjacent to an activating group) is 1. The summed E-state index contributed by atoms with van der Waals surface area (Å²) in [6.07, 6.45) is 1.44. The molecule has 0 aliphatic carbocycles. The van der Waals surface area contributed by atoms with Crippen LogP contribution in [-0.4, -0.2) is 37.0 Å². The highest BCUT2D eigenvalue weighted by Gasteiger charge is 2.07. The van der Waals surface area contributed by atoms with Crippen molar-refractivity contribution in [2.24, 2.45) is 5.73 Å². The minimum absolute atomic E-state index is 0.0993. The number of carbonyl (C=O) groups excluding carboxylic acids is 1. The standard InChI is InChI=1S/C15H24N2O2/c1-12(2)19-14-6-4-13(5-7-14)9-11-17(3)15(18)8-10-16/h4-7,12H,8-11,16H2,1-3H3. The summed E-state index contributed by atoms with van der Waals surface area (Å²) in [5.41, 5.74) is 6.57. The monoisotopic (exact) mass is 264 g/mol. The Balaban J connectivity index is 2.43. The van der Waals surface area contributed by atoms with Gasteiger partial charge in [-0.1, -0.05) is 12.1 Å². The Labute approximate surface area is 115 Å². The number of nitrogens with two attached hydrogens (primary N) is 1. The molecular weight excluding hydrogens is 240 g/mol. The van der Waals surface area contributed by atoms with Gasteiger partial charge in [-0.05, 0) is 38.0 Å². The third kappa shape index (κ3) is 5.75. The van der Waals surface area contributed by atoms with Crippen LogP contribution >= 0.6 is 0 Å². The molecule has 19 heavy (non-hydrogen) atoms. The van der Waals surface area contributed by atoms with Gasteiger partial charge >= 0.3 is 0 Å². The molecule has 0 fully saturated rings. The van der Waals surface area contributed by atoms with Gasteiger partial charge in [0.25, 0.3) is 0 Å². The number of hydrogen-bond acceptors (Lipinski definition) is 3. The molecule has 1 aromatic rings. The molecule has 0 spiro atoms. The zero-order valence-corrected chi connectivity index (χ0v) is 12.1. The van der Waals surface area contributed by atoms with Crippen LogP contribution in [0.15, 0.2) is 24.3 Å². The summed E-state index contributed by atoms with van der Waals surface area (Å²) in [4.78, 5) is 13.3. The Kier molecular flexibility index (Phi) is 6.36. The van der Waals surface area contributed by atoms with Crippen molar-refractivity contribution in [3.8, 4) is 5.75 Å². The highest BCUT2D eigenvalue weighted by Crippen LogP contribution is 2.14. The van der Waals surface area contributed by atoms with Gasteiger partial charge in [-0.3, -0.25) is 4.79 Å². The summed E-state index contributed by atoms with van der Waals surface area (Å²) in [5, 5.41) is 0. The maximum absolute atomic E-state index is 11.6. The molecule has 0 unspecified atom stereocenters. The van der Waals surface area contributed by atoms with Gasteiger partial charge in [-0.25, -0.2) is 0 Å². The van der Waals surface area contributed by atoms with E-state index in [1.807, 2.05) is 45.2 Å². The van der Waals surface area contributed by atoms with Crippen LogP contribution in [0.5, 0.6) is 5.75 Å². The molecule has 0 saturated heterocycles. The Bertz CT molecular complexity index is 388. The van der Waals surface area contributed by atoms with E-state index in [9.17, 15) is 4.79 Å². The predicted molar refractivity (Wildman–Crippen MR) is 77.2 cm³/mol. The summed E-state index contributed by atoms with van der Waals surface area (Å²) < 4.78 is 5.59. The molecule has 0 aliphatic rings. The van der Waals surface area contributed by atoms with Gasteiger partial charge in [0.05, 0.1) is 6.10 Å². The first-order valence-corrected chi connectivity index (χ1v) is 6.72. The van der Waals surface area contributed by atoms with Crippen LogP contribution in [0.4, 0.5) is 0 Å². The van der Waals surface area contributed by atoms with Gasteiger partial charge in [0.1, 0.15) is 5.75 Å². The summed E-state index contributed by atoms with van der Waals surface area (Å²) in [6, 6.07) is 8.02. The average molecular weight is 264 g/mol. The van der Waals surface area contributed by atoms with Crippen molar-refractivity contribution < 1.29 is 9.53 Å². The Morgan fingerprint density at radius 1 is 1.32 bits per heavy atom. The molecule has 4 heteroatoms. The van der Waals surface area contributed by atoms with E-state index in [-0.39, 0.29) is 12.0 Å². The van der Waals surface area contributed by atoms with E-state index in [2.05, 4.69) is 0 Å². The zero-order chi connectivity index (χ0) is 14.3. The molecule has 0 aliphatic heterocycles. The maximum atomic E-state index is 11.6. The van der Waals surface area contributed by atoms with Crippen molar-refractivity contribution in [2.45, 2.75) is 32.8 Å². The molecule has 1 aromatic carbocycles. The Morgan fingerprint density at radius 2 is 1.95 bits per heavy atom. The van der Waals surface area contributed by atoms with E-state index >= 15 is 0 Å². The van der Waals surface area contributed by atoms with Crippen LogP contribution < -0.4 is 10.5 Å². The highest BCUT2D eigenvalue weighted by molar-refractivity contribution is 5.76. The molecule has 0 saturated carbocycles. The van der Waals surface area contributed by atoms with Crippen molar-refractivity contribution in [3.05, 3.63) is 29.8 Å². The predicted octanol–water partition coefficient (Wildman–Crippen LogP) is 1.82. The van der Waals surface area contributed by atoms with Crippen LogP contribution in [-0.2, 0) is 11.2 Å². The van der Waals surface area contributed by atoms with Crippen molar-refractivity contribution in [3.63, 3.8) is 0 Å². The lowest BCUT2D eigenvalue weighted by molar-refractivity contribution is -0.129. The number of nitrogens with zero attached hydrogens (tertiary/aromatic N) is 1. The lowest BCUT2D eigenvalue weighted by Crippen LogP contribution is -2.30. The molecule has 1 rings (SSSR count). The first-order chi connectivity index (χ1) is 9.02. The highest BCUT2D eigenvalue weighted by atomic mass is 16.5. The van der Waals surface area contributed by atoms with Crippen molar-refractivity contribution in [2.75, 3.05) is 20.1 Å². The fraction of sp³-hybridized carbons (Fsp3) is 0.533. The third-order valence-electron chi connectivity index (χ3n) is 2.81. The minimum atomic E-state index is 0.0993. The molecule has 1 amide bonds. The third-order valence-corrected chi connectivity index (χ3v) is 2.81. The lowest BCUT2D eigenvalue weighted by Gasteiger charge is -2.17. The van der Waals surface area contributed by atoms with E-state index in [4.69, 9.17) is 10.5 Å². The van der Waals surface area contributed by atoms with E-state index in [0.29, 0.717) is 19.5 Å². The van der Waals surface area contributed by atoms with Crippen LogP contribution in [0.25, 0.3) is 0 Å². The van der Waals surface area contributed by atoms with Crippen LogP contribution in [0.3, 0.4) is 0 Å². The van der Waals surface area contributed by atoms with E-state index in [1.54, 1.807) is 4.90 Å². The number of hydrogen-bond donors (Lipinski definition) is 1. The van der Waals surface area contributed by atoms with Crippen LogP contribution in [0.2, 0.25) is 0 Å². The van der Waals surface area contributed by atoms with E-state index < -0.39 is 0 Å². The molecule has 4 nitrogen and oxygen atoms in total. The summed E-state index contributed by atoms with van der Waals surface area (Å²) >= 11 is 0. The number of ether oxygens (including phenoxy) is 1. The minimum Gasteiger partial charge on any atom is -0.491 e. The first kappa shape index (κ1) is 15.5. The Hall–Kier alpha value is -1.55. The summed E-state index contributed by atoms with van der Waals surface area (Å²) in [5.74, 6) is 0.980. The number of benzene rings is 1. The molecular formula is C15H24N2O2. The topological polar surface area (TPSA) is 55.6 Å². The molecule has 0 heterocycles. The second-order valence-corrected chi connectivity index (χ2v) is 4.91. The van der Waals surface area contributed by atoms with E-state index in [1.165, 1.54) is 5.56 Å². The van der Waals surface area contributed by atoms with E-state index in [0.717, 1.165) is 12.2 Å². The van der Waals surface area contributed by atoms with Crippen molar-refractivity contribution in [1.82, 2.24) is 4.90 Å². The number of carbonyl (C=O) groups is 1. The Morgan fingerprint density at radius 3 is 2.47 bits per heavy atom. The van der Waals surface area contributed by atoms with Crippen molar-refractivity contribution >= 4 is 5.91 Å². The number of amides is 1. The van der Waals surface area contributed by atoms with Gasteiger partial charge in [0, 0.05) is 26.6 Å². The van der Waals surface area contributed by atoms with Gasteiger partial charge in [0.15, 0.2) is 0 Å². The second kappa shape index (κ2) is 7.79. The molecule has 0 radical (unpaired) electrons. The largest absolute Gasteiger partial charge is 0.491 e. The van der Waals surface area contributed by atoms with Gasteiger partial charge in [-0.15, -0.1) is 0 Å². The summed E-state index contributed by atoms with van der Waals surface area (Å²) in [7, 11) is 1.81. The van der Waals surface area contributed by atoms with Gasteiger partial charge in [-0.2, -0.15) is 0 Å². The lowest BCUT2D eigenvalue weighted by atomic mass is 10.1. The van der Waals surface area contributed by atoms with Crippen LogP contribution in [0.1, 0.15) is 25.8 Å². The smallest absolute Gasteiger partial charge is 0.223 e. The fourth-order valence-corrected chi connectivity index (χ4v) is 1.74. The first-order valence-electron chi connectivity index (χ1n) is 6.72. The summed E-state index contributed by atoms with van der Waals surface area (Å²) in [6.45, 7) is 5.13. The van der Waals surface area contributed by atoms with Gasteiger partial charge in [0.2, 0.25) is 5.91 Å². The molecule has 2 N–H and O–H groups in total. The molecule has 106 valence electrons. The van der Waals surface area contributed by atoms with Gasteiger partial charge < -0.3 is 15.4 Å².